The minimum Gasteiger partial charge on any atom is -0.497 e. The lowest BCUT2D eigenvalue weighted by Crippen LogP contribution is -1.98. The van der Waals surface area contributed by atoms with E-state index in [1.807, 2.05) is 0 Å². The van der Waals surface area contributed by atoms with Gasteiger partial charge < -0.3 is 14.2 Å². The van der Waals surface area contributed by atoms with Crippen LogP contribution in [-0.4, -0.2) is 21.3 Å². The molecule has 3 aromatic carbocycles. The Hall–Kier alpha value is -2.68. The van der Waals surface area contributed by atoms with Crippen molar-refractivity contribution in [3.05, 3.63) is 64.7 Å². The van der Waals surface area contributed by atoms with Gasteiger partial charge in [0.15, 0.2) is 11.5 Å². The summed E-state index contributed by atoms with van der Waals surface area (Å²) in [7, 11) is 5.09. The highest BCUT2D eigenvalue weighted by molar-refractivity contribution is 5.93. The smallest absolute Gasteiger partial charge is 0.161 e. The van der Waals surface area contributed by atoms with E-state index in [0.717, 1.165) is 30.1 Å². The SMILES string of the molecule is COc1ccc(C2CCc3c2cc(C)c2cc(OC)c(OC)cc32)cc1. The zero-order chi connectivity index (χ0) is 18.3. The van der Waals surface area contributed by atoms with Gasteiger partial charge in [-0.3, -0.25) is 0 Å². The first kappa shape index (κ1) is 16.8. The molecule has 134 valence electrons. The number of aryl methyl sites for hydroxylation is 2. The standard InChI is InChI=1S/C23H24O3/c1-14-11-20-17(15-5-7-16(24-2)8-6-15)9-10-18(20)21-13-23(26-4)22(25-3)12-19(14)21/h5-8,11-13,17H,9-10H2,1-4H3. The molecule has 0 heterocycles. The van der Waals surface area contributed by atoms with Gasteiger partial charge in [-0.25, -0.2) is 0 Å². The average Bonchev–Trinajstić information content (AvgIpc) is 3.10. The third-order valence-corrected chi connectivity index (χ3v) is 5.57. The fourth-order valence-corrected chi connectivity index (χ4v) is 4.23. The maximum absolute atomic E-state index is 5.54. The van der Waals surface area contributed by atoms with Gasteiger partial charge in [0.25, 0.3) is 0 Å². The molecular formula is C23H24O3. The second-order valence-electron chi connectivity index (χ2n) is 6.88. The van der Waals surface area contributed by atoms with E-state index < -0.39 is 0 Å². The van der Waals surface area contributed by atoms with Crippen LogP contribution in [0.15, 0.2) is 42.5 Å². The van der Waals surface area contributed by atoms with Crippen molar-refractivity contribution in [2.45, 2.75) is 25.7 Å². The van der Waals surface area contributed by atoms with Crippen LogP contribution in [0.3, 0.4) is 0 Å². The lowest BCUT2D eigenvalue weighted by Gasteiger charge is -2.17. The largest absolute Gasteiger partial charge is 0.497 e. The summed E-state index contributed by atoms with van der Waals surface area (Å²) in [6.45, 7) is 2.18. The van der Waals surface area contributed by atoms with Gasteiger partial charge in [-0.05, 0) is 77.1 Å². The molecule has 0 saturated carbocycles. The van der Waals surface area contributed by atoms with Gasteiger partial charge in [-0.15, -0.1) is 0 Å². The maximum Gasteiger partial charge on any atom is 0.161 e. The van der Waals surface area contributed by atoms with Crippen molar-refractivity contribution in [1.29, 1.82) is 0 Å². The van der Waals surface area contributed by atoms with Crippen LogP contribution in [0.2, 0.25) is 0 Å². The first-order valence-corrected chi connectivity index (χ1v) is 8.98. The summed E-state index contributed by atoms with van der Waals surface area (Å²) >= 11 is 0. The molecule has 1 atom stereocenters. The highest BCUT2D eigenvalue weighted by Crippen LogP contribution is 2.45. The zero-order valence-electron chi connectivity index (χ0n) is 15.8. The molecule has 1 aliphatic rings. The van der Waals surface area contributed by atoms with Crippen LogP contribution in [0.5, 0.6) is 17.2 Å². The topological polar surface area (TPSA) is 27.7 Å². The van der Waals surface area contributed by atoms with Gasteiger partial charge in [0, 0.05) is 5.92 Å². The average molecular weight is 348 g/mol. The van der Waals surface area contributed by atoms with Crippen LogP contribution in [-0.2, 0) is 6.42 Å². The van der Waals surface area contributed by atoms with Crippen LogP contribution >= 0.6 is 0 Å². The Morgan fingerprint density at radius 2 is 1.46 bits per heavy atom. The first-order valence-electron chi connectivity index (χ1n) is 8.98. The molecule has 4 rings (SSSR count). The normalized spacial score (nSPS) is 15.8. The third kappa shape index (κ3) is 2.59. The van der Waals surface area contributed by atoms with Crippen molar-refractivity contribution in [2.75, 3.05) is 21.3 Å². The van der Waals surface area contributed by atoms with Crippen molar-refractivity contribution in [1.82, 2.24) is 0 Å². The molecule has 0 amide bonds. The predicted octanol–water partition coefficient (Wildman–Crippen LogP) is 5.25. The third-order valence-electron chi connectivity index (χ3n) is 5.57. The lowest BCUT2D eigenvalue weighted by atomic mass is 9.89. The maximum atomic E-state index is 5.54. The summed E-state index contributed by atoms with van der Waals surface area (Å²) in [6.07, 6.45) is 2.22. The Bertz CT molecular complexity index is 958. The molecule has 0 saturated heterocycles. The quantitative estimate of drug-likeness (QED) is 0.644. The van der Waals surface area contributed by atoms with E-state index in [9.17, 15) is 0 Å². The Morgan fingerprint density at radius 1 is 0.808 bits per heavy atom. The predicted molar refractivity (Wildman–Crippen MR) is 105 cm³/mol. The van der Waals surface area contributed by atoms with Gasteiger partial charge >= 0.3 is 0 Å². The van der Waals surface area contributed by atoms with Crippen molar-refractivity contribution in [3.8, 4) is 17.2 Å². The number of methoxy groups -OCH3 is 3. The number of rotatable bonds is 4. The fourth-order valence-electron chi connectivity index (χ4n) is 4.23. The van der Waals surface area contributed by atoms with E-state index in [1.54, 1.807) is 21.3 Å². The Kier molecular flexibility index (Phi) is 4.23. The van der Waals surface area contributed by atoms with E-state index in [0.29, 0.717) is 5.92 Å². The molecule has 0 spiro atoms. The second-order valence-corrected chi connectivity index (χ2v) is 6.88. The minimum absolute atomic E-state index is 0.437. The summed E-state index contributed by atoms with van der Waals surface area (Å²) < 4.78 is 16.3. The van der Waals surface area contributed by atoms with Crippen LogP contribution in [0.1, 0.15) is 34.6 Å². The van der Waals surface area contributed by atoms with Crippen LogP contribution < -0.4 is 14.2 Å². The Morgan fingerprint density at radius 3 is 2.08 bits per heavy atom. The molecule has 1 unspecified atom stereocenters. The summed E-state index contributed by atoms with van der Waals surface area (Å²) in [4.78, 5) is 0. The van der Waals surface area contributed by atoms with Crippen molar-refractivity contribution >= 4 is 10.8 Å². The van der Waals surface area contributed by atoms with Crippen LogP contribution in [0.25, 0.3) is 10.8 Å². The minimum atomic E-state index is 0.437. The summed E-state index contributed by atoms with van der Waals surface area (Å²) in [5.41, 5.74) is 5.50. The molecule has 3 nitrogen and oxygen atoms in total. The van der Waals surface area contributed by atoms with Gasteiger partial charge in [0.1, 0.15) is 5.75 Å². The molecule has 0 fully saturated rings. The van der Waals surface area contributed by atoms with Crippen LogP contribution in [0.4, 0.5) is 0 Å². The van der Waals surface area contributed by atoms with Crippen molar-refractivity contribution in [2.24, 2.45) is 0 Å². The number of fused-ring (bicyclic) bond motifs is 3. The number of ether oxygens (including phenoxy) is 3. The van der Waals surface area contributed by atoms with E-state index in [-0.39, 0.29) is 0 Å². The Labute approximate surface area is 154 Å². The number of hydrogen-bond donors (Lipinski definition) is 0. The summed E-state index contributed by atoms with van der Waals surface area (Å²) in [6, 6.07) is 15.1. The molecule has 26 heavy (non-hydrogen) atoms. The molecule has 3 heteroatoms. The van der Waals surface area contributed by atoms with Gasteiger partial charge in [0.2, 0.25) is 0 Å². The van der Waals surface area contributed by atoms with Crippen molar-refractivity contribution in [3.63, 3.8) is 0 Å². The molecule has 0 N–H and O–H groups in total. The Balaban J connectivity index is 1.86. The molecule has 1 aliphatic carbocycles. The summed E-state index contributed by atoms with van der Waals surface area (Å²) in [5, 5.41) is 2.53. The van der Waals surface area contributed by atoms with E-state index in [4.69, 9.17) is 14.2 Å². The highest BCUT2D eigenvalue weighted by atomic mass is 16.5. The summed E-state index contributed by atoms with van der Waals surface area (Å²) in [5.74, 6) is 2.92. The molecule has 0 bridgehead atoms. The monoisotopic (exact) mass is 348 g/mol. The molecule has 0 radical (unpaired) electrons. The lowest BCUT2D eigenvalue weighted by molar-refractivity contribution is 0.356. The number of benzene rings is 3. The molecular weight excluding hydrogens is 324 g/mol. The first-order chi connectivity index (χ1) is 12.7. The van der Waals surface area contributed by atoms with E-state index in [1.165, 1.54) is 33.0 Å². The highest BCUT2D eigenvalue weighted by Gasteiger charge is 2.27. The fraction of sp³-hybridized carbons (Fsp3) is 0.304. The van der Waals surface area contributed by atoms with Crippen LogP contribution in [0, 0.1) is 6.92 Å². The van der Waals surface area contributed by atoms with Gasteiger partial charge in [-0.1, -0.05) is 18.2 Å². The zero-order valence-corrected chi connectivity index (χ0v) is 15.8. The molecule has 3 aromatic rings. The number of hydrogen-bond acceptors (Lipinski definition) is 3. The van der Waals surface area contributed by atoms with Crippen molar-refractivity contribution < 1.29 is 14.2 Å². The molecule has 0 aromatic heterocycles. The second kappa shape index (κ2) is 6.56. The van der Waals surface area contributed by atoms with E-state index in [2.05, 4.69) is 49.4 Å². The van der Waals surface area contributed by atoms with E-state index >= 15 is 0 Å². The van der Waals surface area contributed by atoms with Gasteiger partial charge in [-0.2, -0.15) is 0 Å². The van der Waals surface area contributed by atoms with Gasteiger partial charge in [0.05, 0.1) is 21.3 Å². The molecule has 0 aliphatic heterocycles.